The minimum absolute atomic E-state index is 0.0509. The van der Waals surface area contributed by atoms with Gasteiger partial charge in [0.05, 0.1) is 11.2 Å². The van der Waals surface area contributed by atoms with Gasteiger partial charge in [0.15, 0.2) is 0 Å². The van der Waals surface area contributed by atoms with Gasteiger partial charge in [-0.15, -0.1) is 0 Å². The highest BCUT2D eigenvalue weighted by Crippen LogP contribution is 2.52. The molecule has 4 aromatic carbocycles. The zero-order valence-electron chi connectivity index (χ0n) is 27.0. The summed E-state index contributed by atoms with van der Waals surface area (Å²) in [5, 5.41) is 0. The van der Waals surface area contributed by atoms with E-state index in [0.717, 1.165) is 28.9 Å². The van der Waals surface area contributed by atoms with E-state index in [1.54, 1.807) is 0 Å². The minimum Gasteiger partial charge on any atom is -0.399 e. The fourth-order valence-corrected chi connectivity index (χ4v) is 6.97. The molecule has 0 bridgehead atoms. The Morgan fingerprint density at radius 2 is 1.32 bits per heavy atom. The summed E-state index contributed by atoms with van der Waals surface area (Å²) in [4.78, 5) is 2.37. The van der Waals surface area contributed by atoms with Crippen LogP contribution in [-0.4, -0.2) is 18.3 Å². The molecule has 222 valence electrons. The van der Waals surface area contributed by atoms with Crippen LogP contribution in [0.15, 0.2) is 115 Å². The van der Waals surface area contributed by atoms with Crippen molar-refractivity contribution < 1.29 is 9.31 Å². The average molecular weight is 580 g/mol. The molecular formula is C40H42BNO2. The van der Waals surface area contributed by atoms with Gasteiger partial charge in [-0.1, -0.05) is 93.6 Å². The van der Waals surface area contributed by atoms with Crippen molar-refractivity contribution in [3.05, 3.63) is 126 Å². The lowest BCUT2D eigenvalue weighted by Crippen LogP contribution is -2.41. The smallest absolute Gasteiger partial charge is 0.399 e. The van der Waals surface area contributed by atoms with Crippen LogP contribution in [0.4, 0.5) is 17.1 Å². The molecule has 1 atom stereocenters. The average Bonchev–Trinajstić information content (AvgIpc) is 3.37. The number of fused-ring (bicyclic) bond motifs is 2. The second-order valence-electron chi connectivity index (χ2n) is 14.2. The van der Waals surface area contributed by atoms with E-state index in [1.165, 1.54) is 33.4 Å². The first-order chi connectivity index (χ1) is 20.9. The molecule has 3 nitrogen and oxygen atoms in total. The summed E-state index contributed by atoms with van der Waals surface area (Å²) in [6, 6.07) is 35.2. The molecule has 1 heterocycles. The van der Waals surface area contributed by atoms with E-state index in [2.05, 4.69) is 163 Å². The van der Waals surface area contributed by atoms with Gasteiger partial charge in [-0.3, -0.25) is 0 Å². The molecule has 2 aliphatic carbocycles. The van der Waals surface area contributed by atoms with E-state index < -0.39 is 18.3 Å². The molecule has 1 unspecified atom stereocenters. The van der Waals surface area contributed by atoms with Crippen molar-refractivity contribution >= 4 is 35.2 Å². The van der Waals surface area contributed by atoms with E-state index in [-0.39, 0.29) is 5.41 Å². The summed E-state index contributed by atoms with van der Waals surface area (Å²) in [7, 11) is -0.425. The summed E-state index contributed by atoms with van der Waals surface area (Å²) in [5.74, 6) is 0.563. The van der Waals surface area contributed by atoms with Crippen molar-refractivity contribution in [1.29, 1.82) is 0 Å². The molecule has 4 aromatic rings. The molecule has 44 heavy (non-hydrogen) atoms. The summed E-state index contributed by atoms with van der Waals surface area (Å²) < 4.78 is 12.9. The topological polar surface area (TPSA) is 21.7 Å². The number of hydrogen-bond acceptors (Lipinski definition) is 3. The second kappa shape index (κ2) is 10.4. The Bertz CT molecular complexity index is 1770. The van der Waals surface area contributed by atoms with Crippen LogP contribution < -0.4 is 10.4 Å². The van der Waals surface area contributed by atoms with E-state index in [0.29, 0.717) is 5.92 Å². The maximum Gasteiger partial charge on any atom is 0.494 e. The number of rotatable bonds is 5. The summed E-state index contributed by atoms with van der Waals surface area (Å²) in [5.41, 5.74) is 11.7. The van der Waals surface area contributed by atoms with Crippen LogP contribution in [0.1, 0.15) is 66.0 Å². The van der Waals surface area contributed by atoms with Crippen LogP contribution in [0.3, 0.4) is 0 Å². The third-order valence-corrected chi connectivity index (χ3v) is 10.3. The Labute approximate surface area is 263 Å². The van der Waals surface area contributed by atoms with Crippen molar-refractivity contribution in [2.75, 3.05) is 4.90 Å². The SMILES string of the molecule is CC1C=CC2=C(C1)c1ccc(N(c3ccc(-c4ccccc4)cc3)c3cccc(B4OC(C)(C)C(C)(C)O4)c3)cc1C2(C)C. The molecule has 4 heteroatoms. The first-order valence-corrected chi connectivity index (χ1v) is 15.9. The van der Waals surface area contributed by atoms with Crippen LogP contribution in [0, 0.1) is 5.92 Å². The Kier molecular flexibility index (Phi) is 6.80. The van der Waals surface area contributed by atoms with Gasteiger partial charge in [0, 0.05) is 22.5 Å². The van der Waals surface area contributed by atoms with Gasteiger partial charge in [0.25, 0.3) is 0 Å². The largest absolute Gasteiger partial charge is 0.494 e. The molecule has 0 radical (unpaired) electrons. The molecule has 0 N–H and O–H groups in total. The second-order valence-corrected chi connectivity index (χ2v) is 14.2. The van der Waals surface area contributed by atoms with Gasteiger partial charge in [0.1, 0.15) is 0 Å². The van der Waals surface area contributed by atoms with E-state index in [4.69, 9.17) is 9.31 Å². The molecule has 0 saturated carbocycles. The zero-order chi connectivity index (χ0) is 30.9. The lowest BCUT2D eigenvalue weighted by atomic mass is 9.78. The molecule has 0 spiro atoms. The highest BCUT2D eigenvalue weighted by atomic mass is 16.7. The summed E-state index contributed by atoms with van der Waals surface area (Å²) >= 11 is 0. The normalized spacial score (nSPS) is 20.9. The van der Waals surface area contributed by atoms with E-state index in [1.807, 2.05) is 0 Å². The number of anilines is 3. The van der Waals surface area contributed by atoms with Crippen LogP contribution in [0.2, 0.25) is 0 Å². The molecule has 1 fully saturated rings. The van der Waals surface area contributed by atoms with Crippen LogP contribution in [0.5, 0.6) is 0 Å². The highest BCUT2D eigenvalue weighted by molar-refractivity contribution is 6.62. The van der Waals surface area contributed by atoms with Crippen molar-refractivity contribution in [2.45, 2.75) is 71.5 Å². The van der Waals surface area contributed by atoms with Crippen LogP contribution in [0.25, 0.3) is 16.7 Å². The van der Waals surface area contributed by atoms with Crippen molar-refractivity contribution in [1.82, 2.24) is 0 Å². The molecule has 1 saturated heterocycles. The van der Waals surface area contributed by atoms with Gasteiger partial charge in [-0.25, -0.2) is 0 Å². The molecule has 7 rings (SSSR count). The van der Waals surface area contributed by atoms with Crippen molar-refractivity contribution in [3.63, 3.8) is 0 Å². The predicted molar refractivity (Wildman–Crippen MR) is 185 cm³/mol. The standard InChI is InChI=1S/C40H42BNO2/c1-27-16-23-36-35(24-27)34-22-21-33(26-37(34)38(36,2)3)42(31-19-17-29(18-20-31)28-12-9-8-10-13-28)32-15-11-14-30(25-32)41-43-39(4,5)40(6,7)44-41/h8-23,25-27H,24H2,1-7H3. The van der Waals surface area contributed by atoms with Gasteiger partial charge in [-0.05, 0) is 115 Å². The molecule has 1 aliphatic heterocycles. The molecule has 0 amide bonds. The van der Waals surface area contributed by atoms with Crippen LogP contribution in [-0.2, 0) is 14.7 Å². The Balaban J connectivity index is 1.33. The lowest BCUT2D eigenvalue weighted by Gasteiger charge is -2.32. The Morgan fingerprint density at radius 1 is 0.682 bits per heavy atom. The van der Waals surface area contributed by atoms with Crippen LogP contribution >= 0.6 is 0 Å². The van der Waals surface area contributed by atoms with Gasteiger partial charge in [0.2, 0.25) is 0 Å². The fourth-order valence-electron chi connectivity index (χ4n) is 6.97. The third-order valence-electron chi connectivity index (χ3n) is 10.3. The summed E-state index contributed by atoms with van der Waals surface area (Å²) in [6.45, 7) is 15.5. The lowest BCUT2D eigenvalue weighted by molar-refractivity contribution is 0.00578. The monoisotopic (exact) mass is 579 g/mol. The molecular weight excluding hydrogens is 537 g/mol. The summed E-state index contributed by atoms with van der Waals surface area (Å²) in [6.07, 6.45) is 5.84. The fraction of sp³-hybridized carbons (Fsp3) is 0.300. The number of nitrogens with zero attached hydrogens (tertiary/aromatic N) is 1. The van der Waals surface area contributed by atoms with Gasteiger partial charge < -0.3 is 14.2 Å². The number of allylic oxidation sites excluding steroid dienone is 4. The third kappa shape index (κ3) is 4.76. The maximum absolute atomic E-state index is 6.46. The number of hydrogen-bond donors (Lipinski definition) is 0. The molecule has 0 aromatic heterocycles. The highest BCUT2D eigenvalue weighted by Gasteiger charge is 2.51. The number of benzene rings is 4. The van der Waals surface area contributed by atoms with E-state index >= 15 is 0 Å². The zero-order valence-corrected chi connectivity index (χ0v) is 27.0. The predicted octanol–water partition coefficient (Wildman–Crippen LogP) is 9.76. The Hall–Kier alpha value is -3.86. The maximum atomic E-state index is 6.46. The molecule has 3 aliphatic rings. The first kappa shape index (κ1) is 28.9. The quantitative estimate of drug-likeness (QED) is 0.220. The van der Waals surface area contributed by atoms with Crippen molar-refractivity contribution in [2.24, 2.45) is 5.92 Å². The van der Waals surface area contributed by atoms with Gasteiger partial charge >= 0.3 is 7.12 Å². The minimum atomic E-state index is -0.425. The Morgan fingerprint density at radius 3 is 2.02 bits per heavy atom. The van der Waals surface area contributed by atoms with E-state index in [9.17, 15) is 0 Å². The first-order valence-electron chi connectivity index (χ1n) is 15.9. The van der Waals surface area contributed by atoms with Gasteiger partial charge in [-0.2, -0.15) is 0 Å². The van der Waals surface area contributed by atoms with Crippen molar-refractivity contribution in [3.8, 4) is 11.1 Å².